The van der Waals surface area contributed by atoms with Crippen LogP contribution in [0.3, 0.4) is 0 Å². The number of hydrogen-bond donors (Lipinski definition) is 1. The number of ether oxygens (including phenoxy) is 1. The van der Waals surface area contributed by atoms with Crippen LogP contribution in [-0.4, -0.2) is 22.8 Å². The zero-order chi connectivity index (χ0) is 10.4. The minimum atomic E-state index is -0.331. The highest BCUT2D eigenvalue weighted by molar-refractivity contribution is 5.78. The molecule has 0 aromatic carbocycles. The van der Waals surface area contributed by atoms with Crippen LogP contribution < -0.4 is 0 Å². The van der Waals surface area contributed by atoms with Gasteiger partial charge in [-0.05, 0) is 39.5 Å². The van der Waals surface area contributed by atoms with E-state index in [9.17, 15) is 9.90 Å². The fraction of sp³-hybridized carbons (Fsp3) is 0.909. The smallest absolute Gasteiger partial charge is 0.312 e. The number of hydrogen-bond acceptors (Lipinski definition) is 3. The molecule has 1 spiro atoms. The third-order valence-electron chi connectivity index (χ3n) is 3.49. The van der Waals surface area contributed by atoms with Gasteiger partial charge in [-0.3, -0.25) is 4.79 Å². The molecule has 3 heteroatoms. The first-order chi connectivity index (χ1) is 6.44. The third kappa shape index (κ3) is 1.54. The van der Waals surface area contributed by atoms with Crippen LogP contribution >= 0.6 is 0 Å². The standard InChI is InChI=1S/C11H18O3/c1-10(2)7-11(14-9(10)13)5-3-8(12)4-6-11/h8,12H,3-7H2,1-2H3. The first-order valence-corrected chi connectivity index (χ1v) is 5.35. The largest absolute Gasteiger partial charge is 0.459 e. The third-order valence-corrected chi connectivity index (χ3v) is 3.49. The molecule has 0 amide bonds. The summed E-state index contributed by atoms with van der Waals surface area (Å²) in [5.41, 5.74) is -0.581. The monoisotopic (exact) mass is 198 g/mol. The minimum absolute atomic E-state index is 0.0751. The summed E-state index contributed by atoms with van der Waals surface area (Å²) in [6.45, 7) is 3.88. The molecule has 2 fully saturated rings. The Hall–Kier alpha value is -0.570. The molecule has 14 heavy (non-hydrogen) atoms. The molecule has 0 aromatic rings. The van der Waals surface area contributed by atoms with Crippen LogP contribution in [-0.2, 0) is 9.53 Å². The lowest BCUT2D eigenvalue weighted by Crippen LogP contribution is -2.35. The topological polar surface area (TPSA) is 46.5 Å². The van der Waals surface area contributed by atoms with Gasteiger partial charge < -0.3 is 9.84 Å². The van der Waals surface area contributed by atoms with E-state index in [2.05, 4.69) is 0 Å². The summed E-state index contributed by atoms with van der Waals surface area (Å²) in [6.07, 6.45) is 3.80. The van der Waals surface area contributed by atoms with E-state index in [4.69, 9.17) is 4.74 Å². The van der Waals surface area contributed by atoms with E-state index in [0.717, 1.165) is 32.1 Å². The van der Waals surface area contributed by atoms with Crippen LogP contribution in [0.2, 0.25) is 0 Å². The molecule has 0 radical (unpaired) electrons. The molecule has 1 N–H and O–H groups in total. The van der Waals surface area contributed by atoms with Crippen LogP contribution in [0, 0.1) is 5.41 Å². The van der Waals surface area contributed by atoms with Crippen molar-refractivity contribution in [2.45, 2.75) is 57.7 Å². The van der Waals surface area contributed by atoms with Gasteiger partial charge in [-0.15, -0.1) is 0 Å². The Labute approximate surface area is 84.4 Å². The van der Waals surface area contributed by atoms with Crippen molar-refractivity contribution in [2.24, 2.45) is 5.41 Å². The number of aliphatic hydroxyl groups excluding tert-OH is 1. The summed E-state index contributed by atoms with van der Waals surface area (Å²) in [4.78, 5) is 11.6. The molecule has 3 nitrogen and oxygen atoms in total. The zero-order valence-corrected chi connectivity index (χ0v) is 8.88. The van der Waals surface area contributed by atoms with Crippen molar-refractivity contribution in [1.82, 2.24) is 0 Å². The molecule has 1 saturated heterocycles. The van der Waals surface area contributed by atoms with Crippen LogP contribution in [0.25, 0.3) is 0 Å². The van der Waals surface area contributed by atoms with Crippen molar-refractivity contribution >= 4 is 5.97 Å². The van der Waals surface area contributed by atoms with E-state index in [-0.39, 0.29) is 23.1 Å². The Kier molecular flexibility index (Phi) is 2.11. The molecule has 1 aliphatic carbocycles. The maximum absolute atomic E-state index is 11.6. The van der Waals surface area contributed by atoms with E-state index < -0.39 is 0 Å². The second-order valence-corrected chi connectivity index (χ2v) is 5.36. The predicted octanol–water partition coefficient (Wildman–Crippen LogP) is 1.63. The second-order valence-electron chi connectivity index (χ2n) is 5.36. The van der Waals surface area contributed by atoms with E-state index >= 15 is 0 Å². The Balaban J connectivity index is 2.10. The maximum Gasteiger partial charge on any atom is 0.312 e. The first kappa shape index (κ1) is 9.97. The number of rotatable bonds is 0. The van der Waals surface area contributed by atoms with Gasteiger partial charge in [0.1, 0.15) is 5.60 Å². The van der Waals surface area contributed by atoms with Crippen LogP contribution in [0.1, 0.15) is 46.0 Å². The van der Waals surface area contributed by atoms with Gasteiger partial charge in [0.05, 0.1) is 11.5 Å². The van der Waals surface area contributed by atoms with E-state index in [1.807, 2.05) is 13.8 Å². The number of esters is 1. The molecule has 0 bridgehead atoms. The van der Waals surface area contributed by atoms with Crippen molar-refractivity contribution in [3.63, 3.8) is 0 Å². The lowest BCUT2D eigenvalue weighted by atomic mass is 9.75. The van der Waals surface area contributed by atoms with E-state index in [0.29, 0.717) is 0 Å². The molecular formula is C11H18O3. The van der Waals surface area contributed by atoms with E-state index in [1.54, 1.807) is 0 Å². The van der Waals surface area contributed by atoms with Crippen LogP contribution in [0.15, 0.2) is 0 Å². The van der Waals surface area contributed by atoms with Gasteiger partial charge in [0.25, 0.3) is 0 Å². The van der Waals surface area contributed by atoms with Crippen LogP contribution in [0.5, 0.6) is 0 Å². The predicted molar refractivity (Wildman–Crippen MR) is 51.7 cm³/mol. The van der Waals surface area contributed by atoms with Crippen molar-refractivity contribution in [3.8, 4) is 0 Å². The molecule has 80 valence electrons. The first-order valence-electron chi connectivity index (χ1n) is 5.35. The SMILES string of the molecule is CC1(C)CC2(CCC(O)CC2)OC1=O. The molecule has 0 unspecified atom stereocenters. The lowest BCUT2D eigenvalue weighted by molar-refractivity contribution is -0.156. The number of aliphatic hydroxyl groups is 1. The highest BCUT2D eigenvalue weighted by Crippen LogP contribution is 2.47. The average molecular weight is 198 g/mol. The molecule has 1 heterocycles. The zero-order valence-electron chi connectivity index (χ0n) is 8.88. The number of carbonyl (C=O) groups excluding carboxylic acids is 1. The molecule has 1 aliphatic heterocycles. The molecule has 2 aliphatic rings. The normalized spacial score (nSPS) is 41.4. The second kappa shape index (κ2) is 2.96. The molecule has 0 atom stereocenters. The Morgan fingerprint density at radius 3 is 2.36 bits per heavy atom. The lowest BCUT2D eigenvalue weighted by Gasteiger charge is -2.34. The number of carbonyl (C=O) groups is 1. The highest BCUT2D eigenvalue weighted by Gasteiger charge is 2.52. The Morgan fingerprint density at radius 1 is 1.36 bits per heavy atom. The molecule has 0 aromatic heterocycles. The molecule has 2 rings (SSSR count). The Bertz CT molecular complexity index is 249. The summed E-state index contributed by atoms with van der Waals surface area (Å²) in [7, 11) is 0. The highest BCUT2D eigenvalue weighted by atomic mass is 16.6. The summed E-state index contributed by atoms with van der Waals surface area (Å²) in [5, 5.41) is 9.41. The molecule has 1 saturated carbocycles. The summed E-state index contributed by atoms with van der Waals surface area (Å²) in [5.74, 6) is -0.0751. The van der Waals surface area contributed by atoms with Crippen LogP contribution in [0.4, 0.5) is 0 Å². The van der Waals surface area contributed by atoms with Crippen molar-refractivity contribution < 1.29 is 14.6 Å². The summed E-state index contributed by atoms with van der Waals surface area (Å²) >= 11 is 0. The summed E-state index contributed by atoms with van der Waals surface area (Å²) < 4.78 is 5.50. The van der Waals surface area contributed by atoms with Gasteiger partial charge in [-0.25, -0.2) is 0 Å². The van der Waals surface area contributed by atoms with Gasteiger partial charge in [-0.1, -0.05) is 0 Å². The van der Waals surface area contributed by atoms with Gasteiger partial charge in [0.15, 0.2) is 0 Å². The fourth-order valence-corrected chi connectivity index (χ4v) is 2.66. The van der Waals surface area contributed by atoms with Crippen molar-refractivity contribution in [3.05, 3.63) is 0 Å². The maximum atomic E-state index is 11.6. The van der Waals surface area contributed by atoms with Gasteiger partial charge >= 0.3 is 5.97 Å². The Morgan fingerprint density at radius 2 is 1.93 bits per heavy atom. The minimum Gasteiger partial charge on any atom is -0.459 e. The quantitative estimate of drug-likeness (QED) is 0.602. The van der Waals surface area contributed by atoms with E-state index in [1.165, 1.54) is 0 Å². The van der Waals surface area contributed by atoms with Gasteiger partial charge in [0.2, 0.25) is 0 Å². The van der Waals surface area contributed by atoms with Crippen molar-refractivity contribution in [1.29, 1.82) is 0 Å². The average Bonchev–Trinajstić information content (AvgIpc) is 2.30. The molecular weight excluding hydrogens is 180 g/mol. The fourth-order valence-electron chi connectivity index (χ4n) is 2.66. The van der Waals surface area contributed by atoms with Gasteiger partial charge in [0, 0.05) is 6.42 Å². The van der Waals surface area contributed by atoms with Crippen molar-refractivity contribution in [2.75, 3.05) is 0 Å². The summed E-state index contributed by atoms with van der Waals surface area (Å²) in [6, 6.07) is 0. The van der Waals surface area contributed by atoms with Gasteiger partial charge in [-0.2, -0.15) is 0 Å².